The van der Waals surface area contributed by atoms with Crippen LogP contribution in [0.2, 0.25) is 0 Å². The Morgan fingerprint density at radius 3 is 1.25 bits per heavy atom. The minimum Gasteiger partial charge on any atom is -0.453 e. The molecule has 51 heavy (non-hydrogen) atoms. The molecule has 0 saturated heterocycles. The summed E-state index contributed by atoms with van der Waals surface area (Å²) in [6, 6.07) is 68.3. The standard InChI is InChI=1S/C49H31NO/c1-3-13-32(14-4-1)34-23-27-45-47(29-34)51-48-30-35(33-15-5-2-6-16-33)24-28-46(48)50(45)36-25-26-40-39-19-9-12-22-43(39)49(44(40)31-36)41-20-10-7-17-37(41)38-18-8-11-21-42(38)49/h1-31H. The Bertz CT molecular complexity index is 2520. The summed E-state index contributed by atoms with van der Waals surface area (Å²) < 4.78 is 6.84. The fraction of sp³-hybridized carbons (Fsp3) is 0.0204. The smallest absolute Gasteiger partial charge is 0.152 e. The van der Waals surface area contributed by atoms with Gasteiger partial charge in [-0.15, -0.1) is 0 Å². The Morgan fingerprint density at radius 2 is 0.765 bits per heavy atom. The number of hydrogen-bond donors (Lipinski definition) is 0. The predicted molar refractivity (Wildman–Crippen MR) is 208 cm³/mol. The highest BCUT2D eigenvalue weighted by molar-refractivity contribution is 5.97. The molecule has 0 atom stereocenters. The van der Waals surface area contributed by atoms with E-state index in [1.54, 1.807) is 0 Å². The van der Waals surface area contributed by atoms with Crippen molar-refractivity contribution in [3.63, 3.8) is 0 Å². The van der Waals surface area contributed by atoms with Crippen LogP contribution in [-0.2, 0) is 5.41 Å². The number of rotatable bonds is 3. The Hall–Kier alpha value is -6.64. The average molecular weight is 650 g/mol. The van der Waals surface area contributed by atoms with Gasteiger partial charge >= 0.3 is 0 Å². The van der Waals surface area contributed by atoms with Crippen molar-refractivity contribution >= 4 is 17.1 Å². The van der Waals surface area contributed by atoms with E-state index in [9.17, 15) is 0 Å². The second-order valence-electron chi connectivity index (χ2n) is 13.7. The molecule has 11 rings (SSSR count). The van der Waals surface area contributed by atoms with Gasteiger partial charge in [0.15, 0.2) is 11.5 Å². The van der Waals surface area contributed by atoms with Gasteiger partial charge in [-0.05, 0) is 103 Å². The SMILES string of the molecule is c1ccc(-c2ccc3c(c2)Oc2cc(-c4ccccc4)ccc2N3c2ccc3c(c2)C2(c4ccccc4-c4ccccc42)c2ccccc2-3)cc1. The summed E-state index contributed by atoms with van der Waals surface area (Å²) >= 11 is 0. The monoisotopic (exact) mass is 649 g/mol. The molecule has 0 radical (unpaired) electrons. The maximum absolute atomic E-state index is 6.84. The van der Waals surface area contributed by atoms with Crippen LogP contribution in [0.5, 0.6) is 11.5 Å². The highest BCUT2D eigenvalue weighted by Crippen LogP contribution is 2.63. The van der Waals surface area contributed by atoms with E-state index in [0.717, 1.165) is 50.8 Å². The summed E-state index contributed by atoms with van der Waals surface area (Å²) in [4.78, 5) is 2.39. The first-order chi connectivity index (χ1) is 25.3. The molecule has 0 amide bonds. The maximum Gasteiger partial charge on any atom is 0.152 e. The highest BCUT2D eigenvalue weighted by Gasteiger charge is 2.51. The Balaban J connectivity index is 1.16. The van der Waals surface area contributed by atoms with Crippen molar-refractivity contribution in [2.75, 3.05) is 4.90 Å². The average Bonchev–Trinajstić information content (AvgIpc) is 3.67. The summed E-state index contributed by atoms with van der Waals surface area (Å²) in [5, 5.41) is 0. The summed E-state index contributed by atoms with van der Waals surface area (Å²) in [5.74, 6) is 1.67. The van der Waals surface area contributed by atoms with Crippen molar-refractivity contribution in [3.8, 4) is 56.0 Å². The lowest BCUT2D eigenvalue weighted by atomic mass is 9.70. The third-order valence-electron chi connectivity index (χ3n) is 11.1. The zero-order valence-electron chi connectivity index (χ0n) is 27.8. The molecule has 2 heteroatoms. The van der Waals surface area contributed by atoms with Crippen LogP contribution in [0.25, 0.3) is 44.5 Å². The first-order valence-corrected chi connectivity index (χ1v) is 17.6. The zero-order chi connectivity index (χ0) is 33.5. The van der Waals surface area contributed by atoms with Gasteiger partial charge in [-0.2, -0.15) is 0 Å². The van der Waals surface area contributed by atoms with Crippen molar-refractivity contribution in [2.24, 2.45) is 0 Å². The first-order valence-electron chi connectivity index (χ1n) is 17.6. The fourth-order valence-corrected chi connectivity index (χ4v) is 8.93. The van der Waals surface area contributed by atoms with Crippen LogP contribution in [0, 0.1) is 0 Å². The molecule has 1 heterocycles. The summed E-state index contributed by atoms with van der Waals surface area (Å²) in [7, 11) is 0. The number of benzene rings is 8. The lowest BCUT2D eigenvalue weighted by molar-refractivity contribution is 0.477. The van der Waals surface area contributed by atoms with Gasteiger partial charge in [-0.25, -0.2) is 0 Å². The van der Waals surface area contributed by atoms with Gasteiger partial charge in [0.25, 0.3) is 0 Å². The van der Waals surface area contributed by atoms with Gasteiger partial charge in [-0.3, -0.25) is 0 Å². The molecule has 3 aliphatic rings. The quantitative estimate of drug-likeness (QED) is 0.189. The summed E-state index contributed by atoms with van der Waals surface area (Å²) in [6.45, 7) is 0. The van der Waals surface area contributed by atoms with E-state index in [1.165, 1.54) is 44.5 Å². The van der Waals surface area contributed by atoms with Crippen molar-refractivity contribution in [1.82, 2.24) is 0 Å². The van der Waals surface area contributed by atoms with Gasteiger partial charge < -0.3 is 9.64 Å². The van der Waals surface area contributed by atoms with Gasteiger partial charge in [0.05, 0.1) is 16.8 Å². The van der Waals surface area contributed by atoms with Crippen molar-refractivity contribution < 1.29 is 4.74 Å². The van der Waals surface area contributed by atoms with E-state index in [4.69, 9.17) is 4.74 Å². The minimum absolute atomic E-state index is 0.415. The molecule has 0 saturated carbocycles. The first kappa shape index (κ1) is 28.2. The molecule has 0 N–H and O–H groups in total. The van der Waals surface area contributed by atoms with Gasteiger partial charge in [0.1, 0.15) is 0 Å². The third kappa shape index (κ3) is 3.93. The van der Waals surface area contributed by atoms with Gasteiger partial charge in [0.2, 0.25) is 0 Å². The molecule has 0 unspecified atom stereocenters. The third-order valence-corrected chi connectivity index (χ3v) is 11.1. The van der Waals surface area contributed by atoms with Crippen LogP contribution in [0.4, 0.5) is 17.1 Å². The molecule has 0 aromatic heterocycles. The molecule has 2 aliphatic carbocycles. The van der Waals surface area contributed by atoms with Crippen LogP contribution in [0.1, 0.15) is 22.3 Å². The van der Waals surface area contributed by atoms with Crippen LogP contribution in [-0.4, -0.2) is 0 Å². The van der Waals surface area contributed by atoms with E-state index in [2.05, 4.69) is 193 Å². The summed E-state index contributed by atoms with van der Waals surface area (Å²) in [5.41, 5.74) is 17.9. The lowest BCUT2D eigenvalue weighted by Gasteiger charge is -2.35. The Morgan fingerprint density at radius 1 is 0.333 bits per heavy atom. The van der Waals surface area contributed by atoms with E-state index >= 15 is 0 Å². The normalized spacial score (nSPS) is 13.8. The van der Waals surface area contributed by atoms with Crippen molar-refractivity contribution in [2.45, 2.75) is 5.41 Å². The molecular formula is C49H31NO. The molecular weight excluding hydrogens is 619 g/mol. The van der Waals surface area contributed by atoms with Gasteiger partial charge in [0, 0.05) is 5.69 Å². The number of nitrogens with zero attached hydrogens (tertiary/aromatic N) is 1. The van der Waals surface area contributed by atoms with Crippen molar-refractivity contribution in [3.05, 3.63) is 210 Å². The molecule has 8 aromatic carbocycles. The number of fused-ring (bicyclic) bond motifs is 12. The second kappa shape index (κ2) is 10.7. The fourth-order valence-electron chi connectivity index (χ4n) is 8.93. The molecule has 1 aliphatic heterocycles. The minimum atomic E-state index is -0.415. The largest absolute Gasteiger partial charge is 0.453 e. The van der Waals surface area contributed by atoms with Crippen LogP contribution in [0.3, 0.4) is 0 Å². The molecule has 1 spiro atoms. The molecule has 0 bridgehead atoms. The molecule has 0 fully saturated rings. The van der Waals surface area contributed by atoms with Crippen LogP contribution < -0.4 is 9.64 Å². The van der Waals surface area contributed by atoms with E-state index < -0.39 is 5.41 Å². The molecule has 2 nitrogen and oxygen atoms in total. The van der Waals surface area contributed by atoms with Crippen molar-refractivity contribution in [1.29, 1.82) is 0 Å². The number of anilines is 3. The van der Waals surface area contributed by atoms with E-state index in [-0.39, 0.29) is 0 Å². The maximum atomic E-state index is 6.84. The Kier molecular flexibility index (Phi) is 5.91. The van der Waals surface area contributed by atoms with E-state index in [1.807, 2.05) is 0 Å². The zero-order valence-corrected chi connectivity index (χ0v) is 27.8. The number of hydrogen-bond acceptors (Lipinski definition) is 2. The highest BCUT2D eigenvalue weighted by atomic mass is 16.5. The van der Waals surface area contributed by atoms with Crippen LogP contribution >= 0.6 is 0 Å². The molecule has 8 aromatic rings. The summed E-state index contributed by atoms with van der Waals surface area (Å²) in [6.07, 6.45) is 0. The molecule has 238 valence electrons. The van der Waals surface area contributed by atoms with E-state index in [0.29, 0.717) is 0 Å². The number of ether oxygens (including phenoxy) is 1. The lowest BCUT2D eigenvalue weighted by Crippen LogP contribution is -2.26. The topological polar surface area (TPSA) is 12.5 Å². The predicted octanol–water partition coefficient (Wildman–Crippen LogP) is 12.9. The second-order valence-corrected chi connectivity index (χ2v) is 13.7. The van der Waals surface area contributed by atoms with Crippen LogP contribution in [0.15, 0.2) is 188 Å². The Labute approximate surface area is 297 Å². The van der Waals surface area contributed by atoms with Gasteiger partial charge in [-0.1, -0.05) is 152 Å².